The summed E-state index contributed by atoms with van der Waals surface area (Å²) in [5, 5.41) is 135. The van der Waals surface area contributed by atoms with E-state index in [0.29, 0.717) is 86.5 Å². The van der Waals surface area contributed by atoms with Crippen LogP contribution in [0.15, 0.2) is 148 Å². The number of anilines is 4. The molecule has 16 rings (SSSR count). The van der Waals surface area contributed by atoms with Gasteiger partial charge in [-0.25, -0.2) is 59.8 Å². The quantitative estimate of drug-likeness (QED) is 0.0253. The summed E-state index contributed by atoms with van der Waals surface area (Å²) in [6, 6.07) is 27.6. The Balaban J connectivity index is 0.000000170. The predicted octanol–water partition coefficient (Wildman–Crippen LogP) is -4.46. The number of aliphatic hydroxyl groups excluding tert-OH is 12. The number of methoxy groups -OCH3 is 3. The van der Waals surface area contributed by atoms with Crippen LogP contribution in [0.4, 0.5) is 23.3 Å². The molecule has 4 aromatic carbocycles. The summed E-state index contributed by atoms with van der Waals surface area (Å²) in [6.45, 7) is -0.650. The molecule has 18 N–H and O–H groups in total. The fraction of sp³-hybridized carbons (Fsp3) is 0.352. The first-order valence-electron chi connectivity index (χ1n) is 34.7. The molecule has 0 aliphatic carbocycles. The third-order valence-corrected chi connectivity index (χ3v) is 18.8. The first kappa shape index (κ1) is 88.0. The number of aromatic nitrogens is 16. The normalized spacial score (nSPS) is 23.8. The van der Waals surface area contributed by atoms with Gasteiger partial charge < -0.3 is 123 Å². The third-order valence-electron chi connectivity index (χ3n) is 18.5. The van der Waals surface area contributed by atoms with Gasteiger partial charge in [0.1, 0.15) is 127 Å². The van der Waals surface area contributed by atoms with E-state index in [2.05, 4.69) is 75.8 Å². The van der Waals surface area contributed by atoms with Crippen LogP contribution < -0.4 is 54.8 Å². The standard InChI is InChI=1S/C18H19N5O6.C18H21N5O5.C17H19N5O5.C10H13N5O4.C8H7ClO2.Al.Li.4H/c1-28-10-4-2-9(3-5-10)17(27)22-15-12-16(20-7-19-15)23(8-21-12)18-14(26)13(25)11(6-24)29-18;1-27-11-4-2-10(3-5-11)6-19-16-13-17(21-8-20-16)23(9-22-13)18-15(26)14(25)12(7-24)28-18;23-6-11-13(25)14(26)17(27-11)22-8-21-12-15(19-7-20-16(12)22)18-5-9-1-3-10(24)4-2-9;11-8-5-9(13-2-12-8)15(3-14-5)10-7(18)6(17)4(1-16)19-10;1-11-7-4-2-6(3-5-7)8(9)10;;;;;;/h2-5,7-8,11,13-14,18,24-26H,6H2,1H3,(H,19,20,22,27);2-5,8-9,12,14-15,18,24-26H,6-7H2,1H3,(H,19,20,21);1-4,7-8,11,13-14,17,23-26H,5-6H2,(H,18,19,20);2-4,6-7,10,16-18H,1H2,(H2,11,12,13);2-5H,1H3;;;;;;/q;;;;;;+1;;;;-1. The van der Waals surface area contributed by atoms with Gasteiger partial charge >= 0.3 is 18.9 Å². The Morgan fingerprint density at radius 2 is 0.716 bits per heavy atom. The Kier molecular flexibility index (Phi) is 30.3. The number of nitrogen functional groups attached to an aromatic ring is 1. The maximum atomic E-state index is 12.5. The van der Waals surface area contributed by atoms with Crippen molar-refractivity contribution in [3.63, 3.8) is 0 Å². The zero-order chi connectivity index (χ0) is 81.0. The molecule has 0 bridgehead atoms. The minimum Gasteiger partial charge on any atom is -1.00 e. The van der Waals surface area contributed by atoms with Crippen LogP contribution in [0, 0.1) is 0 Å². The number of nitrogens with one attached hydrogen (secondary N) is 3. The summed E-state index contributed by atoms with van der Waals surface area (Å²) in [6.07, 6.45) is -5.99. The first-order chi connectivity index (χ1) is 55.1. The van der Waals surface area contributed by atoms with E-state index in [1.165, 1.54) is 76.0 Å². The van der Waals surface area contributed by atoms with Crippen molar-refractivity contribution >= 4 is 108 Å². The summed E-state index contributed by atoms with van der Waals surface area (Å²) in [5.41, 5.74) is 11.7. The Hall–Kier alpha value is -10.4. The fourth-order valence-electron chi connectivity index (χ4n) is 12.3. The smallest absolute Gasteiger partial charge is 1.00 e. The first-order valence-corrected chi connectivity index (χ1v) is 35.1. The second-order valence-corrected chi connectivity index (χ2v) is 25.9. The van der Waals surface area contributed by atoms with Gasteiger partial charge in [-0.05, 0) is 95.5 Å². The summed E-state index contributed by atoms with van der Waals surface area (Å²) < 4.78 is 43.0. The van der Waals surface area contributed by atoms with Crippen molar-refractivity contribution in [3.8, 4) is 23.0 Å². The van der Waals surface area contributed by atoms with E-state index >= 15 is 0 Å². The second kappa shape index (κ2) is 40.0. The average Bonchev–Trinajstić information content (AvgIpc) is 1.64. The molecule has 1 amide bonds. The minimum atomic E-state index is -1.28. The van der Waals surface area contributed by atoms with E-state index in [1.54, 1.807) is 87.0 Å². The number of aliphatic hydroxyl groups is 12. The van der Waals surface area contributed by atoms with Crippen LogP contribution in [-0.4, -0.2) is 294 Å². The largest absolute Gasteiger partial charge is 1.00 e. The maximum absolute atomic E-state index is 12.5. The number of carbonyl (C=O) groups is 2. The molecule has 4 saturated heterocycles. The van der Waals surface area contributed by atoms with Crippen molar-refractivity contribution in [3.05, 3.63) is 170 Å². The van der Waals surface area contributed by atoms with Crippen LogP contribution in [0.1, 0.15) is 58.2 Å². The molecule has 45 heteroatoms. The minimum absolute atomic E-state index is 0. The molecule has 42 nitrogen and oxygen atoms in total. The number of nitrogens with two attached hydrogens (primary N) is 1. The molecule has 610 valence electrons. The Labute approximate surface area is 685 Å². The van der Waals surface area contributed by atoms with Gasteiger partial charge in [0.2, 0.25) is 0 Å². The Bertz CT molecular complexity index is 5220. The second-order valence-electron chi connectivity index (χ2n) is 25.5. The van der Waals surface area contributed by atoms with Gasteiger partial charge in [-0.2, -0.15) is 0 Å². The van der Waals surface area contributed by atoms with Gasteiger partial charge in [-0.1, -0.05) is 24.3 Å². The number of aromatic hydroxyl groups is 1. The molecule has 0 radical (unpaired) electrons. The number of hydrogen-bond acceptors (Lipinski definition) is 37. The van der Waals surface area contributed by atoms with Crippen molar-refractivity contribution in [2.45, 2.75) is 111 Å². The molecule has 116 heavy (non-hydrogen) atoms. The van der Waals surface area contributed by atoms with E-state index in [1.807, 2.05) is 24.3 Å². The number of carbonyl (C=O) groups excluding carboxylic acids is 2. The molecule has 4 aliphatic rings. The van der Waals surface area contributed by atoms with Crippen LogP contribution in [0.3, 0.4) is 0 Å². The van der Waals surface area contributed by atoms with Crippen LogP contribution in [-0.2, 0) is 32.0 Å². The number of rotatable bonds is 20. The monoisotopic (exact) mass is 1640 g/mol. The van der Waals surface area contributed by atoms with Crippen LogP contribution in [0.2, 0.25) is 0 Å². The van der Waals surface area contributed by atoms with Gasteiger partial charge in [0.15, 0.2) is 105 Å². The molecule has 4 aliphatic heterocycles. The Morgan fingerprint density at radius 3 is 1.04 bits per heavy atom. The topological polar surface area (TPSA) is 598 Å². The SMILES string of the molecule is COc1ccc(C(=O)Cl)cc1.COc1ccc(C(=O)Nc2ncnc3c2ncn3C2OC(CO)C(O)C2O)cc1.COc1ccc(CNc2ncnc3c2ncn3C2OC(CO)C(O)C2O)cc1.Nc1ncnc2c1ncn2C1OC(CO)C(O)C1O.OCC1OC(n2cnc3c(NCc4ccc(O)cc4)ncnc32)C(O)C1O.[AlH3].[H-].[Li+]. The number of phenols is 1. The number of ether oxygens (including phenoxy) is 7. The number of halogens is 1. The van der Waals surface area contributed by atoms with Gasteiger partial charge in [0.05, 0.1) is 73.1 Å². The van der Waals surface area contributed by atoms with Crippen LogP contribution >= 0.6 is 11.6 Å². The van der Waals surface area contributed by atoms with E-state index < -0.39 is 136 Å². The molecule has 8 aromatic heterocycles. The summed E-state index contributed by atoms with van der Waals surface area (Å²) >= 11 is 5.22. The van der Waals surface area contributed by atoms with Crippen LogP contribution in [0.5, 0.6) is 23.0 Å². The maximum Gasteiger partial charge on any atom is 1.00 e. The van der Waals surface area contributed by atoms with Crippen molar-refractivity contribution in [1.29, 1.82) is 0 Å². The van der Waals surface area contributed by atoms with Gasteiger partial charge in [-0.15, -0.1) is 0 Å². The molecule has 12 heterocycles. The number of hydrogen-bond donors (Lipinski definition) is 17. The fourth-order valence-corrected chi connectivity index (χ4v) is 12.5. The van der Waals surface area contributed by atoms with Gasteiger partial charge in [0.25, 0.3) is 11.1 Å². The zero-order valence-corrected chi connectivity index (χ0v) is 62.2. The predicted molar refractivity (Wildman–Crippen MR) is 409 cm³/mol. The van der Waals surface area contributed by atoms with Gasteiger partial charge in [0, 0.05) is 24.2 Å². The number of fused-ring (bicyclic) bond motifs is 4. The van der Waals surface area contributed by atoms with Crippen LogP contribution in [0.25, 0.3) is 44.7 Å². The van der Waals surface area contributed by atoms with E-state index in [4.69, 9.17) is 55.6 Å². The number of amides is 1. The molecule has 0 spiro atoms. The Morgan fingerprint density at radius 1 is 0.422 bits per heavy atom. The zero-order valence-electron chi connectivity index (χ0n) is 62.4. The molecular formula is C71H83AlClLiN20O22. The molecule has 16 unspecified atom stereocenters. The van der Waals surface area contributed by atoms with Gasteiger partial charge in [-0.3, -0.25) is 27.9 Å². The van der Waals surface area contributed by atoms with Crippen molar-refractivity contribution in [2.24, 2.45) is 0 Å². The van der Waals surface area contributed by atoms with E-state index in [0.717, 1.165) is 16.9 Å². The van der Waals surface area contributed by atoms with E-state index in [9.17, 15) is 70.9 Å². The van der Waals surface area contributed by atoms with E-state index in [-0.39, 0.29) is 60.6 Å². The number of nitrogens with zero attached hydrogens (tertiary/aromatic N) is 16. The average molecular weight is 1640 g/mol. The summed E-state index contributed by atoms with van der Waals surface area (Å²) in [7, 11) is 4.72. The molecular weight excluding hydrogens is 1550 g/mol. The number of imidazole rings is 4. The summed E-state index contributed by atoms with van der Waals surface area (Å²) in [5.74, 6) is 3.36. The van der Waals surface area contributed by atoms with Crippen molar-refractivity contribution in [2.75, 3.05) is 69.4 Å². The number of benzene rings is 4. The molecule has 0 saturated carbocycles. The summed E-state index contributed by atoms with van der Waals surface area (Å²) in [4.78, 5) is 72.9. The third kappa shape index (κ3) is 19.3. The molecule has 16 atom stereocenters. The molecule has 4 fully saturated rings. The molecule has 12 aromatic rings. The van der Waals surface area contributed by atoms with Crippen molar-refractivity contribution in [1.82, 2.24) is 78.1 Å². The number of phenolic OH excluding ortho intramolecular Hbond substituents is 1. The van der Waals surface area contributed by atoms with Crippen molar-refractivity contribution < 1.29 is 129 Å².